The number of anilines is 1. The Morgan fingerprint density at radius 3 is 2.36 bits per heavy atom. The summed E-state index contributed by atoms with van der Waals surface area (Å²) in [7, 11) is 0. The zero-order valence-corrected chi connectivity index (χ0v) is 12.3. The van der Waals surface area contributed by atoms with E-state index in [9.17, 15) is 14.7 Å². The molecule has 0 unspecified atom stereocenters. The fraction of sp³-hybridized carbons (Fsp3) is 0.125. The van der Waals surface area contributed by atoms with Gasteiger partial charge in [-0.25, -0.2) is 9.59 Å². The van der Waals surface area contributed by atoms with Crippen molar-refractivity contribution in [2.24, 2.45) is 0 Å². The van der Waals surface area contributed by atoms with Gasteiger partial charge in [-0.2, -0.15) is 0 Å². The normalized spacial score (nSPS) is 11.5. The number of hydrogen-bond acceptors (Lipinski definition) is 4. The van der Waals surface area contributed by atoms with Crippen molar-refractivity contribution >= 4 is 29.2 Å². The molecule has 6 heteroatoms. The van der Waals surface area contributed by atoms with Gasteiger partial charge < -0.3 is 15.2 Å². The lowest BCUT2D eigenvalue weighted by Gasteiger charge is -2.15. The molecule has 0 bridgehead atoms. The minimum absolute atomic E-state index is 0.00759. The number of ether oxygens (including phenoxy) is 1. The third kappa shape index (κ3) is 4.23. The molecule has 0 aliphatic rings. The van der Waals surface area contributed by atoms with E-state index < -0.39 is 18.0 Å². The maximum atomic E-state index is 12.0. The Bertz CT molecular complexity index is 660. The number of carbonyl (C=O) groups is 2. The molecule has 0 saturated carbocycles. The quantitative estimate of drug-likeness (QED) is 0.632. The van der Waals surface area contributed by atoms with Crippen molar-refractivity contribution in [1.29, 1.82) is 0 Å². The second-order valence-electron chi connectivity index (χ2n) is 4.49. The van der Waals surface area contributed by atoms with Gasteiger partial charge in [0.25, 0.3) is 0 Å². The molecule has 2 N–H and O–H groups in total. The van der Waals surface area contributed by atoms with Crippen molar-refractivity contribution in [3.63, 3.8) is 0 Å². The van der Waals surface area contributed by atoms with Crippen LogP contribution in [-0.2, 0) is 20.9 Å². The average Bonchev–Trinajstić information content (AvgIpc) is 2.52. The average molecular weight is 320 g/mol. The molecule has 0 aliphatic heterocycles. The third-order valence-electron chi connectivity index (χ3n) is 2.88. The zero-order valence-electron chi connectivity index (χ0n) is 11.5. The van der Waals surface area contributed by atoms with E-state index in [1.54, 1.807) is 48.5 Å². The molecule has 0 fully saturated rings. The molecule has 0 spiro atoms. The first-order chi connectivity index (χ1) is 10.6. The topological polar surface area (TPSA) is 75.6 Å². The van der Waals surface area contributed by atoms with Gasteiger partial charge in [-0.05, 0) is 17.7 Å². The summed E-state index contributed by atoms with van der Waals surface area (Å²) in [6.45, 7) is 0.00759. The van der Waals surface area contributed by atoms with Crippen LogP contribution in [0.3, 0.4) is 0 Å². The Kier molecular flexibility index (Phi) is 5.38. The van der Waals surface area contributed by atoms with Crippen LogP contribution in [0.5, 0.6) is 0 Å². The summed E-state index contributed by atoms with van der Waals surface area (Å²) in [6.07, 6.45) is 0. The summed E-state index contributed by atoms with van der Waals surface area (Å²) >= 11 is 5.94. The molecule has 5 nitrogen and oxygen atoms in total. The standard InChI is InChI=1S/C16H14ClNO4/c17-12-8-4-5-9-13(12)18-14(15(19)20)16(21)22-10-11-6-2-1-3-7-11/h1-9,14,18H,10H2,(H,19,20)/t14-/m1/s1. The molecule has 2 rings (SSSR count). The Morgan fingerprint density at radius 2 is 1.73 bits per heavy atom. The molecular formula is C16H14ClNO4. The molecule has 0 amide bonds. The minimum Gasteiger partial charge on any atom is -0.479 e. The number of aliphatic carboxylic acids is 1. The number of esters is 1. The van der Waals surface area contributed by atoms with Crippen LogP contribution in [-0.4, -0.2) is 23.1 Å². The molecule has 0 radical (unpaired) electrons. The van der Waals surface area contributed by atoms with Crippen LogP contribution in [0.1, 0.15) is 5.56 Å². The molecule has 0 aromatic heterocycles. The van der Waals surface area contributed by atoms with Gasteiger partial charge in [-0.15, -0.1) is 0 Å². The Balaban J connectivity index is 2.03. The second kappa shape index (κ2) is 7.47. The van der Waals surface area contributed by atoms with E-state index in [1.165, 1.54) is 0 Å². The highest BCUT2D eigenvalue weighted by Gasteiger charge is 2.28. The molecule has 2 aromatic carbocycles. The van der Waals surface area contributed by atoms with E-state index >= 15 is 0 Å². The number of rotatable bonds is 6. The first-order valence-electron chi connectivity index (χ1n) is 6.52. The summed E-state index contributed by atoms with van der Waals surface area (Å²) in [4.78, 5) is 23.2. The maximum absolute atomic E-state index is 12.0. The molecule has 0 saturated heterocycles. The van der Waals surface area contributed by atoms with Crippen molar-refractivity contribution in [1.82, 2.24) is 0 Å². The number of hydrogen-bond donors (Lipinski definition) is 2. The smallest absolute Gasteiger partial charge is 0.340 e. The van der Waals surface area contributed by atoms with Crippen LogP contribution in [0.2, 0.25) is 5.02 Å². The Morgan fingerprint density at radius 1 is 1.09 bits per heavy atom. The highest BCUT2D eigenvalue weighted by Crippen LogP contribution is 2.21. The Labute approximate surface area is 132 Å². The van der Waals surface area contributed by atoms with Crippen LogP contribution in [0, 0.1) is 0 Å². The van der Waals surface area contributed by atoms with E-state index in [0.717, 1.165) is 5.56 Å². The number of nitrogens with one attached hydrogen (secondary N) is 1. The molecule has 2 aromatic rings. The monoisotopic (exact) mass is 319 g/mol. The Hall–Kier alpha value is -2.53. The van der Waals surface area contributed by atoms with Crippen LogP contribution >= 0.6 is 11.6 Å². The van der Waals surface area contributed by atoms with E-state index in [0.29, 0.717) is 10.7 Å². The molecule has 114 valence electrons. The molecular weight excluding hydrogens is 306 g/mol. The number of para-hydroxylation sites is 1. The highest BCUT2D eigenvalue weighted by molar-refractivity contribution is 6.33. The van der Waals surface area contributed by atoms with Gasteiger partial charge in [-0.3, -0.25) is 0 Å². The lowest BCUT2D eigenvalue weighted by atomic mass is 10.2. The lowest BCUT2D eigenvalue weighted by molar-refractivity contribution is -0.153. The molecule has 0 aliphatic carbocycles. The van der Waals surface area contributed by atoms with Crippen molar-refractivity contribution in [3.05, 3.63) is 65.2 Å². The SMILES string of the molecule is O=C(O)[C@@H](Nc1ccccc1Cl)C(=O)OCc1ccccc1. The predicted octanol–water partition coefficient (Wildman–Crippen LogP) is 2.95. The van der Waals surface area contributed by atoms with E-state index in [4.69, 9.17) is 16.3 Å². The summed E-state index contributed by atoms with van der Waals surface area (Å²) in [6, 6.07) is 14.1. The fourth-order valence-electron chi connectivity index (χ4n) is 1.77. The number of benzene rings is 2. The number of carbonyl (C=O) groups excluding carboxylic acids is 1. The van der Waals surface area contributed by atoms with Crippen molar-refractivity contribution in [2.45, 2.75) is 12.6 Å². The van der Waals surface area contributed by atoms with E-state index in [2.05, 4.69) is 5.32 Å². The van der Waals surface area contributed by atoms with Crippen molar-refractivity contribution in [3.8, 4) is 0 Å². The maximum Gasteiger partial charge on any atom is 0.340 e. The largest absolute Gasteiger partial charge is 0.479 e. The second-order valence-corrected chi connectivity index (χ2v) is 4.90. The van der Waals surface area contributed by atoms with Gasteiger partial charge in [0.05, 0.1) is 10.7 Å². The number of carboxylic acids is 1. The van der Waals surface area contributed by atoms with E-state index in [1.807, 2.05) is 6.07 Å². The van der Waals surface area contributed by atoms with Crippen molar-refractivity contribution < 1.29 is 19.4 Å². The summed E-state index contributed by atoms with van der Waals surface area (Å²) in [5, 5.41) is 12.1. The summed E-state index contributed by atoms with van der Waals surface area (Å²) in [5.41, 5.74) is 1.13. The highest BCUT2D eigenvalue weighted by atomic mass is 35.5. The molecule has 22 heavy (non-hydrogen) atoms. The van der Waals surface area contributed by atoms with Gasteiger partial charge in [0.2, 0.25) is 6.04 Å². The first kappa shape index (κ1) is 15.9. The third-order valence-corrected chi connectivity index (χ3v) is 3.21. The van der Waals surface area contributed by atoms with Gasteiger partial charge in [0.15, 0.2) is 0 Å². The van der Waals surface area contributed by atoms with Gasteiger partial charge >= 0.3 is 11.9 Å². The summed E-state index contributed by atoms with van der Waals surface area (Å²) < 4.78 is 5.04. The van der Waals surface area contributed by atoms with E-state index in [-0.39, 0.29) is 6.61 Å². The van der Waals surface area contributed by atoms with Gasteiger partial charge in [0.1, 0.15) is 6.61 Å². The molecule has 0 heterocycles. The van der Waals surface area contributed by atoms with Crippen molar-refractivity contribution in [2.75, 3.05) is 5.32 Å². The number of carboxylic acid groups (broad SMARTS) is 1. The van der Waals surface area contributed by atoms with Crippen LogP contribution in [0.15, 0.2) is 54.6 Å². The van der Waals surface area contributed by atoms with Gasteiger partial charge in [-0.1, -0.05) is 54.1 Å². The van der Waals surface area contributed by atoms with Gasteiger partial charge in [0, 0.05) is 0 Å². The lowest BCUT2D eigenvalue weighted by Crippen LogP contribution is -2.38. The van der Waals surface area contributed by atoms with Crippen LogP contribution in [0.4, 0.5) is 5.69 Å². The predicted molar refractivity (Wildman–Crippen MR) is 82.7 cm³/mol. The number of halogens is 1. The summed E-state index contributed by atoms with van der Waals surface area (Å²) in [5.74, 6) is -2.21. The zero-order chi connectivity index (χ0) is 15.9. The minimum atomic E-state index is -1.52. The fourth-order valence-corrected chi connectivity index (χ4v) is 1.96. The van der Waals surface area contributed by atoms with Crippen LogP contribution < -0.4 is 5.32 Å². The first-order valence-corrected chi connectivity index (χ1v) is 6.90. The van der Waals surface area contributed by atoms with Crippen LogP contribution in [0.25, 0.3) is 0 Å². The molecule has 1 atom stereocenters.